The first-order valence-corrected chi connectivity index (χ1v) is 6.33. The fourth-order valence-corrected chi connectivity index (χ4v) is 2.51. The summed E-state index contributed by atoms with van der Waals surface area (Å²) in [5.74, 6) is -1.00. The lowest BCUT2D eigenvalue weighted by Crippen LogP contribution is -2.00. The van der Waals surface area contributed by atoms with Crippen LogP contribution in [0.1, 0.15) is 21.6 Å². The summed E-state index contributed by atoms with van der Waals surface area (Å²) >= 11 is 1.49. The smallest absolute Gasteiger partial charge is 0.354 e. The summed E-state index contributed by atoms with van der Waals surface area (Å²) in [6.07, 6.45) is 0. The Morgan fingerprint density at radius 1 is 1.22 bits per heavy atom. The summed E-state index contributed by atoms with van der Waals surface area (Å²) in [5.41, 5.74) is 2.41. The molecule has 2 rings (SSSR count). The summed E-state index contributed by atoms with van der Waals surface area (Å²) < 4.78 is 0. The Balaban J connectivity index is 2.31. The van der Waals surface area contributed by atoms with Crippen molar-refractivity contribution in [2.24, 2.45) is 0 Å². The van der Waals surface area contributed by atoms with Crippen LogP contribution in [-0.4, -0.2) is 16.1 Å². The van der Waals surface area contributed by atoms with Crippen LogP contribution in [0, 0.1) is 13.8 Å². The van der Waals surface area contributed by atoms with Gasteiger partial charge < -0.3 is 5.11 Å². The third-order valence-corrected chi connectivity index (χ3v) is 3.60. The number of hydrogen-bond acceptors (Lipinski definition) is 3. The highest BCUT2D eigenvalue weighted by molar-refractivity contribution is 7.99. The number of carbonyl (C=O) groups is 1. The first kappa shape index (κ1) is 12.6. The van der Waals surface area contributed by atoms with Gasteiger partial charge in [0, 0.05) is 4.90 Å². The molecule has 1 aromatic heterocycles. The summed E-state index contributed by atoms with van der Waals surface area (Å²) in [4.78, 5) is 16.1. The van der Waals surface area contributed by atoms with Gasteiger partial charge in [-0.1, -0.05) is 30.0 Å². The fraction of sp³-hybridized carbons (Fsp3) is 0.143. The van der Waals surface area contributed by atoms with Gasteiger partial charge in [-0.3, -0.25) is 0 Å². The number of aromatic nitrogens is 1. The molecule has 0 saturated heterocycles. The van der Waals surface area contributed by atoms with Crippen LogP contribution in [0.2, 0.25) is 0 Å². The number of nitrogens with zero attached hydrogens (tertiary/aromatic N) is 1. The molecule has 3 nitrogen and oxygen atoms in total. The molecule has 0 unspecified atom stereocenters. The molecule has 0 aliphatic heterocycles. The largest absolute Gasteiger partial charge is 0.477 e. The van der Waals surface area contributed by atoms with Crippen LogP contribution in [0.5, 0.6) is 0 Å². The van der Waals surface area contributed by atoms with Crippen LogP contribution >= 0.6 is 11.8 Å². The minimum Gasteiger partial charge on any atom is -0.477 e. The minimum atomic E-state index is -1.00. The van der Waals surface area contributed by atoms with Crippen LogP contribution in [0.15, 0.2) is 46.3 Å². The molecule has 0 spiro atoms. The second-order valence-electron chi connectivity index (χ2n) is 4.04. The Hall–Kier alpha value is -1.81. The molecule has 0 bridgehead atoms. The standard InChI is InChI=1S/C14H13NO2S/c1-9-6-7-10(2)12(8-9)18-13-5-3-4-11(15-13)14(16)17/h3-8H,1-2H3,(H,16,17). The molecule has 1 heterocycles. The molecule has 4 heteroatoms. The molecule has 2 aromatic rings. The number of carboxylic acid groups (broad SMARTS) is 1. The van der Waals surface area contributed by atoms with Crippen molar-refractivity contribution in [3.63, 3.8) is 0 Å². The second kappa shape index (κ2) is 5.23. The van der Waals surface area contributed by atoms with E-state index in [1.807, 2.05) is 19.9 Å². The molecule has 92 valence electrons. The first-order chi connectivity index (χ1) is 8.56. The third kappa shape index (κ3) is 2.90. The van der Waals surface area contributed by atoms with Crippen LogP contribution in [0.4, 0.5) is 0 Å². The molecule has 0 atom stereocenters. The molecule has 18 heavy (non-hydrogen) atoms. The molecule has 1 N–H and O–H groups in total. The Kier molecular flexibility index (Phi) is 3.67. The van der Waals surface area contributed by atoms with Crippen LogP contribution in [0.25, 0.3) is 0 Å². The highest BCUT2D eigenvalue weighted by Crippen LogP contribution is 2.29. The average molecular weight is 259 g/mol. The molecular formula is C14H13NO2S. The zero-order valence-corrected chi connectivity index (χ0v) is 11.0. The predicted octanol–water partition coefficient (Wildman–Crippen LogP) is 3.55. The summed E-state index contributed by atoms with van der Waals surface area (Å²) in [5, 5.41) is 9.60. The minimum absolute atomic E-state index is 0.0744. The van der Waals surface area contributed by atoms with E-state index in [1.54, 1.807) is 6.07 Å². The number of benzene rings is 1. The SMILES string of the molecule is Cc1ccc(C)c(Sc2cccc(C(=O)O)n2)c1. The molecule has 0 amide bonds. The van der Waals surface area contributed by atoms with Crippen molar-refractivity contribution in [3.8, 4) is 0 Å². The Morgan fingerprint density at radius 2 is 2.00 bits per heavy atom. The maximum absolute atomic E-state index is 10.9. The molecular weight excluding hydrogens is 246 g/mol. The van der Waals surface area contributed by atoms with Crippen LogP contribution in [-0.2, 0) is 0 Å². The number of pyridine rings is 1. The van der Waals surface area contributed by atoms with Gasteiger partial charge in [-0.25, -0.2) is 9.78 Å². The third-order valence-electron chi connectivity index (χ3n) is 2.50. The Bertz CT molecular complexity index is 596. The van der Waals surface area contributed by atoms with E-state index in [0.717, 1.165) is 10.5 Å². The van der Waals surface area contributed by atoms with Gasteiger partial charge in [0.2, 0.25) is 0 Å². The fourth-order valence-electron chi connectivity index (χ4n) is 1.52. The zero-order valence-electron chi connectivity index (χ0n) is 10.2. The average Bonchev–Trinajstić information content (AvgIpc) is 2.34. The van der Waals surface area contributed by atoms with Gasteiger partial charge >= 0.3 is 5.97 Å². The highest BCUT2D eigenvalue weighted by Gasteiger charge is 2.07. The van der Waals surface area contributed by atoms with Gasteiger partial charge in [0.25, 0.3) is 0 Å². The lowest BCUT2D eigenvalue weighted by atomic mass is 10.2. The number of aryl methyl sites for hydroxylation is 2. The van der Waals surface area contributed by atoms with Crippen LogP contribution in [0.3, 0.4) is 0 Å². The van der Waals surface area contributed by atoms with Crippen LogP contribution < -0.4 is 0 Å². The van der Waals surface area contributed by atoms with Gasteiger partial charge in [-0.2, -0.15) is 0 Å². The summed E-state index contributed by atoms with van der Waals surface area (Å²) in [6, 6.07) is 11.2. The van der Waals surface area contributed by atoms with E-state index in [2.05, 4.69) is 23.2 Å². The summed E-state index contributed by atoms with van der Waals surface area (Å²) in [7, 11) is 0. The molecule has 0 aliphatic rings. The van der Waals surface area contributed by atoms with E-state index in [-0.39, 0.29) is 5.69 Å². The number of rotatable bonds is 3. The number of carboxylic acids is 1. The lowest BCUT2D eigenvalue weighted by molar-refractivity contribution is 0.0689. The van der Waals surface area contributed by atoms with E-state index < -0.39 is 5.97 Å². The molecule has 0 fully saturated rings. The number of hydrogen-bond donors (Lipinski definition) is 1. The second-order valence-corrected chi connectivity index (χ2v) is 5.10. The lowest BCUT2D eigenvalue weighted by Gasteiger charge is -2.06. The van der Waals surface area contributed by atoms with Crippen molar-refractivity contribution in [1.82, 2.24) is 4.98 Å². The van der Waals surface area contributed by atoms with E-state index in [0.29, 0.717) is 5.03 Å². The van der Waals surface area contributed by atoms with Gasteiger partial charge in [-0.15, -0.1) is 0 Å². The number of aromatic carboxylic acids is 1. The van der Waals surface area contributed by atoms with Crippen molar-refractivity contribution < 1.29 is 9.90 Å². The van der Waals surface area contributed by atoms with E-state index in [4.69, 9.17) is 5.11 Å². The van der Waals surface area contributed by atoms with Gasteiger partial charge in [-0.05, 0) is 43.2 Å². The van der Waals surface area contributed by atoms with E-state index in [1.165, 1.54) is 23.4 Å². The van der Waals surface area contributed by atoms with Crippen molar-refractivity contribution in [2.45, 2.75) is 23.8 Å². The Labute approximate surface area is 110 Å². The van der Waals surface area contributed by atoms with Gasteiger partial charge in [0.05, 0.1) is 0 Å². The van der Waals surface area contributed by atoms with E-state index >= 15 is 0 Å². The van der Waals surface area contributed by atoms with Gasteiger partial charge in [0.1, 0.15) is 10.7 Å². The predicted molar refractivity (Wildman–Crippen MR) is 71.2 cm³/mol. The molecule has 0 aliphatic carbocycles. The van der Waals surface area contributed by atoms with Gasteiger partial charge in [0.15, 0.2) is 0 Å². The molecule has 0 radical (unpaired) electrons. The maximum atomic E-state index is 10.9. The maximum Gasteiger partial charge on any atom is 0.354 e. The normalized spacial score (nSPS) is 10.3. The molecule has 0 saturated carbocycles. The quantitative estimate of drug-likeness (QED) is 0.915. The monoisotopic (exact) mass is 259 g/mol. The Morgan fingerprint density at radius 3 is 2.72 bits per heavy atom. The molecule has 1 aromatic carbocycles. The van der Waals surface area contributed by atoms with Crippen molar-refractivity contribution >= 4 is 17.7 Å². The van der Waals surface area contributed by atoms with Crippen molar-refractivity contribution in [2.75, 3.05) is 0 Å². The summed E-state index contributed by atoms with van der Waals surface area (Å²) in [6.45, 7) is 4.06. The first-order valence-electron chi connectivity index (χ1n) is 5.52. The highest BCUT2D eigenvalue weighted by atomic mass is 32.2. The van der Waals surface area contributed by atoms with Crippen molar-refractivity contribution in [3.05, 3.63) is 53.2 Å². The van der Waals surface area contributed by atoms with Crippen molar-refractivity contribution in [1.29, 1.82) is 0 Å². The van der Waals surface area contributed by atoms with E-state index in [9.17, 15) is 4.79 Å². The zero-order chi connectivity index (χ0) is 13.1. The topological polar surface area (TPSA) is 50.2 Å².